The second-order valence-electron chi connectivity index (χ2n) is 5.77. The van der Waals surface area contributed by atoms with Gasteiger partial charge in [-0.1, -0.05) is 42.5 Å². The van der Waals surface area contributed by atoms with Crippen molar-refractivity contribution in [2.75, 3.05) is 13.7 Å². The zero-order valence-electron chi connectivity index (χ0n) is 13.2. The monoisotopic (exact) mass is 311 g/mol. The van der Waals surface area contributed by atoms with Gasteiger partial charge in [0.15, 0.2) is 0 Å². The number of carbonyl (C=O) groups is 1. The first-order valence-corrected chi connectivity index (χ1v) is 7.84. The molecule has 1 saturated heterocycles. The summed E-state index contributed by atoms with van der Waals surface area (Å²) in [6.45, 7) is 0.377. The Morgan fingerprint density at radius 3 is 2.57 bits per heavy atom. The molecule has 3 rings (SSSR count). The van der Waals surface area contributed by atoms with Gasteiger partial charge in [0.1, 0.15) is 12.4 Å². The van der Waals surface area contributed by atoms with Crippen LogP contribution in [0.2, 0.25) is 0 Å². The van der Waals surface area contributed by atoms with E-state index in [2.05, 4.69) is 17.4 Å². The molecule has 0 aromatic heterocycles. The van der Waals surface area contributed by atoms with Crippen LogP contribution in [0.5, 0.6) is 5.75 Å². The number of methoxy groups -OCH3 is 1. The van der Waals surface area contributed by atoms with E-state index in [1.54, 1.807) is 7.11 Å². The topological polar surface area (TPSA) is 47.6 Å². The molecular weight excluding hydrogens is 290 g/mol. The van der Waals surface area contributed by atoms with Gasteiger partial charge in [0.05, 0.1) is 19.6 Å². The number of carbonyl (C=O) groups excluding carboxylic acids is 1. The van der Waals surface area contributed by atoms with Crippen molar-refractivity contribution < 1.29 is 14.3 Å². The molecule has 0 radical (unpaired) electrons. The molecule has 2 aromatic carbocycles. The van der Waals surface area contributed by atoms with Crippen LogP contribution in [0.1, 0.15) is 23.6 Å². The van der Waals surface area contributed by atoms with Crippen LogP contribution >= 0.6 is 0 Å². The van der Waals surface area contributed by atoms with Crippen molar-refractivity contribution in [1.82, 2.24) is 5.32 Å². The second kappa shape index (κ2) is 7.29. The van der Waals surface area contributed by atoms with Crippen molar-refractivity contribution in [1.29, 1.82) is 0 Å². The molecule has 1 heterocycles. The Labute approximate surface area is 136 Å². The predicted octanol–water partition coefficient (Wildman–Crippen LogP) is 2.88. The Bertz CT molecular complexity index is 639. The van der Waals surface area contributed by atoms with E-state index in [9.17, 15) is 4.79 Å². The Kier molecular flexibility index (Phi) is 4.93. The van der Waals surface area contributed by atoms with Crippen LogP contribution in [0, 0.1) is 0 Å². The highest BCUT2D eigenvalue weighted by Crippen LogP contribution is 2.20. The Hall–Kier alpha value is -2.33. The summed E-state index contributed by atoms with van der Waals surface area (Å²) >= 11 is 0. The molecule has 4 nitrogen and oxygen atoms in total. The van der Waals surface area contributed by atoms with Crippen LogP contribution in [-0.2, 0) is 16.0 Å². The van der Waals surface area contributed by atoms with Crippen LogP contribution in [-0.4, -0.2) is 25.7 Å². The molecular formula is C19H21NO3. The largest absolute Gasteiger partial charge is 0.497 e. The van der Waals surface area contributed by atoms with E-state index in [1.165, 1.54) is 5.56 Å². The SMILES string of the molecule is COc1ccc(C[C@@H]2CC(=O)OC[C@H](c3ccccc3)N2)cc1. The van der Waals surface area contributed by atoms with Gasteiger partial charge < -0.3 is 14.8 Å². The minimum absolute atomic E-state index is 0.0332. The van der Waals surface area contributed by atoms with E-state index >= 15 is 0 Å². The predicted molar refractivity (Wildman–Crippen MR) is 88.4 cm³/mol. The lowest BCUT2D eigenvalue weighted by atomic mass is 10.0. The Balaban J connectivity index is 1.72. The molecule has 1 aliphatic rings. The molecule has 0 spiro atoms. The van der Waals surface area contributed by atoms with Crippen LogP contribution < -0.4 is 10.1 Å². The van der Waals surface area contributed by atoms with Crippen LogP contribution in [0.4, 0.5) is 0 Å². The number of hydrogen-bond donors (Lipinski definition) is 1. The number of nitrogens with one attached hydrogen (secondary N) is 1. The number of rotatable bonds is 4. The lowest BCUT2D eigenvalue weighted by molar-refractivity contribution is -0.143. The third-order valence-electron chi connectivity index (χ3n) is 4.10. The fraction of sp³-hybridized carbons (Fsp3) is 0.316. The van der Waals surface area contributed by atoms with E-state index < -0.39 is 0 Å². The van der Waals surface area contributed by atoms with E-state index in [1.807, 2.05) is 42.5 Å². The summed E-state index contributed by atoms with van der Waals surface area (Å²) < 4.78 is 10.5. The average Bonchev–Trinajstić information content (AvgIpc) is 2.78. The summed E-state index contributed by atoms with van der Waals surface area (Å²) in [6.07, 6.45) is 1.16. The van der Waals surface area contributed by atoms with Crippen molar-refractivity contribution in [2.45, 2.75) is 24.9 Å². The maximum absolute atomic E-state index is 11.9. The third kappa shape index (κ3) is 4.11. The van der Waals surface area contributed by atoms with Crippen molar-refractivity contribution in [3.8, 4) is 5.75 Å². The highest BCUT2D eigenvalue weighted by atomic mass is 16.5. The van der Waals surface area contributed by atoms with Gasteiger partial charge in [0.25, 0.3) is 0 Å². The van der Waals surface area contributed by atoms with Crippen molar-refractivity contribution in [3.63, 3.8) is 0 Å². The Morgan fingerprint density at radius 2 is 1.87 bits per heavy atom. The van der Waals surface area contributed by atoms with Gasteiger partial charge in [-0.25, -0.2) is 0 Å². The molecule has 1 fully saturated rings. The van der Waals surface area contributed by atoms with Crippen LogP contribution in [0.3, 0.4) is 0 Å². The molecule has 1 aliphatic heterocycles. The van der Waals surface area contributed by atoms with Gasteiger partial charge in [0.2, 0.25) is 0 Å². The number of ether oxygens (including phenoxy) is 2. The minimum atomic E-state index is -0.144. The van der Waals surface area contributed by atoms with E-state index in [0.717, 1.165) is 17.7 Å². The first-order valence-electron chi connectivity index (χ1n) is 7.84. The Morgan fingerprint density at radius 1 is 1.13 bits per heavy atom. The third-order valence-corrected chi connectivity index (χ3v) is 4.10. The highest BCUT2D eigenvalue weighted by Gasteiger charge is 2.25. The molecule has 0 unspecified atom stereocenters. The number of cyclic esters (lactones) is 1. The summed E-state index contributed by atoms with van der Waals surface area (Å²) in [5.74, 6) is 0.693. The van der Waals surface area contributed by atoms with E-state index in [0.29, 0.717) is 13.0 Å². The lowest BCUT2D eigenvalue weighted by Crippen LogP contribution is -2.34. The molecule has 0 amide bonds. The molecule has 120 valence electrons. The molecule has 1 N–H and O–H groups in total. The van der Waals surface area contributed by atoms with Gasteiger partial charge in [0, 0.05) is 6.04 Å². The first kappa shape index (κ1) is 15.6. The molecule has 0 bridgehead atoms. The van der Waals surface area contributed by atoms with Gasteiger partial charge in [-0.3, -0.25) is 4.79 Å². The summed E-state index contributed by atoms with van der Waals surface area (Å²) in [4.78, 5) is 11.9. The summed E-state index contributed by atoms with van der Waals surface area (Å²) in [6, 6.07) is 18.2. The molecule has 2 aromatic rings. The van der Waals surface area contributed by atoms with Gasteiger partial charge >= 0.3 is 5.97 Å². The second-order valence-corrected chi connectivity index (χ2v) is 5.77. The molecule has 4 heteroatoms. The first-order chi connectivity index (χ1) is 11.2. The van der Waals surface area contributed by atoms with Crippen LogP contribution in [0.25, 0.3) is 0 Å². The lowest BCUT2D eigenvalue weighted by Gasteiger charge is -2.21. The van der Waals surface area contributed by atoms with Crippen LogP contribution in [0.15, 0.2) is 54.6 Å². The van der Waals surface area contributed by atoms with Gasteiger partial charge in [-0.2, -0.15) is 0 Å². The van der Waals surface area contributed by atoms with Crippen molar-refractivity contribution in [3.05, 3.63) is 65.7 Å². The molecule has 0 saturated carbocycles. The average molecular weight is 311 g/mol. The standard InChI is InChI=1S/C19H21NO3/c1-22-17-9-7-14(8-10-17)11-16-12-19(21)23-13-18(20-16)15-5-3-2-4-6-15/h2-10,16,18,20H,11-13H2,1H3/t16-,18-/m1/s1. The fourth-order valence-corrected chi connectivity index (χ4v) is 2.88. The van der Waals surface area contributed by atoms with Crippen molar-refractivity contribution >= 4 is 5.97 Å². The maximum atomic E-state index is 11.9. The quantitative estimate of drug-likeness (QED) is 0.882. The number of esters is 1. The molecule has 2 atom stereocenters. The zero-order chi connectivity index (χ0) is 16.1. The van der Waals surface area contributed by atoms with Crippen molar-refractivity contribution in [2.24, 2.45) is 0 Å². The van der Waals surface area contributed by atoms with E-state index in [-0.39, 0.29) is 18.1 Å². The summed E-state index contributed by atoms with van der Waals surface area (Å²) in [7, 11) is 1.66. The normalized spacial score (nSPS) is 21.3. The highest BCUT2D eigenvalue weighted by molar-refractivity contribution is 5.70. The van der Waals surface area contributed by atoms with Gasteiger partial charge in [-0.05, 0) is 29.7 Å². The molecule has 0 aliphatic carbocycles. The van der Waals surface area contributed by atoms with E-state index in [4.69, 9.17) is 9.47 Å². The van der Waals surface area contributed by atoms with Gasteiger partial charge in [-0.15, -0.1) is 0 Å². The maximum Gasteiger partial charge on any atom is 0.307 e. The summed E-state index contributed by atoms with van der Waals surface area (Å²) in [5, 5.41) is 3.56. The number of hydrogen-bond acceptors (Lipinski definition) is 4. The minimum Gasteiger partial charge on any atom is -0.497 e. The smallest absolute Gasteiger partial charge is 0.307 e. The molecule has 23 heavy (non-hydrogen) atoms. The zero-order valence-corrected chi connectivity index (χ0v) is 13.2. The fourth-order valence-electron chi connectivity index (χ4n) is 2.88. The number of benzene rings is 2. The summed E-state index contributed by atoms with van der Waals surface area (Å²) in [5.41, 5.74) is 2.31.